The molecule has 0 saturated carbocycles. The maximum atomic E-state index is 13.3. The maximum Gasteiger partial charge on any atom is 0.317 e. The number of fused-ring (bicyclic) bond motifs is 3. The van der Waals surface area contributed by atoms with Crippen molar-refractivity contribution in [2.45, 2.75) is 19.3 Å². The Hall–Kier alpha value is -3.92. The number of morpholine rings is 1. The van der Waals surface area contributed by atoms with Gasteiger partial charge in [0.1, 0.15) is 5.69 Å². The predicted octanol–water partition coefficient (Wildman–Crippen LogP) is 2.77. The van der Waals surface area contributed by atoms with Crippen LogP contribution in [0.3, 0.4) is 0 Å². The SMILES string of the molecule is CC1(C)C(=O)N(CCNC(=O)N2CCOCC2)c2cc3nc(-c4n[nH]c5ccccc45)[nH]c3cc21. The summed E-state index contributed by atoms with van der Waals surface area (Å²) in [5.41, 5.74) is 4.42. The lowest BCUT2D eigenvalue weighted by Crippen LogP contribution is -2.48. The summed E-state index contributed by atoms with van der Waals surface area (Å²) < 4.78 is 5.30. The van der Waals surface area contributed by atoms with Gasteiger partial charge in [-0.05, 0) is 37.6 Å². The molecule has 4 heterocycles. The van der Waals surface area contributed by atoms with Crippen LogP contribution in [-0.2, 0) is 14.9 Å². The standard InChI is InChI=1S/C25H27N7O3/c1-25(2)16-13-18-19(28-22(27-18)21-15-5-3-4-6-17(15)29-30-21)14-20(16)32(23(25)33)8-7-26-24(34)31-9-11-35-12-10-31/h3-6,13-14H,7-12H2,1-2H3,(H,26,34)(H,27,28)(H,29,30). The molecule has 6 rings (SSSR count). The number of amides is 3. The lowest BCUT2D eigenvalue weighted by molar-refractivity contribution is -0.122. The Morgan fingerprint density at radius 2 is 1.97 bits per heavy atom. The van der Waals surface area contributed by atoms with E-state index in [4.69, 9.17) is 9.72 Å². The van der Waals surface area contributed by atoms with E-state index in [9.17, 15) is 9.59 Å². The summed E-state index contributed by atoms with van der Waals surface area (Å²) in [6.07, 6.45) is 0. The number of nitrogens with zero attached hydrogens (tertiary/aromatic N) is 4. The monoisotopic (exact) mass is 473 g/mol. The van der Waals surface area contributed by atoms with Gasteiger partial charge in [0, 0.05) is 31.6 Å². The first-order valence-corrected chi connectivity index (χ1v) is 11.8. The third-order valence-electron chi connectivity index (χ3n) is 6.95. The van der Waals surface area contributed by atoms with Gasteiger partial charge in [-0.2, -0.15) is 5.10 Å². The summed E-state index contributed by atoms with van der Waals surface area (Å²) in [5.74, 6) is 0.689. The summed E-state index contributed by atoms with van der Waals surface area (Å²) in [6.45, 7) is 6.88. The Labute approximate surface area is 201 Å². The number of benzene rings is 2. The van der Waals surface area contributed by atoms with Crippen LogP contribution in [0.1, 0.15) is 19.4 Å². The van der Waals surface area contributed by atoms with Crippen LogP contribution in [-0.4, -0.2) is 76.4 Å². The molecule has 180 valence electrons. The van der Waals surface area contributed by atoms with Gasteiger partial charge in [-0.3, -0.25) is 9.89 Å². The highest BCUT2D eigenvalue weighted by molar-refractivity contribution is 6.09. The highest BCUT2D eigenvalue weighted by Crippen LogP contribution is 2.43. The van der Waals surface area contributed by atoms with Crippen molar-refractivity contribution in [2.24, 2.45) is 0 Å². The van der Waals surface area contributed by atoms with E-state index in [1.165, 1.54) is 0 Å². The van der Waals surface area contributed by atoms with E-state index >= 15 is 0 Å². The zero-order valence-corrected chi connectivity index (χ0v) is 19.7. The van der Waals surface area contributed by atoms with Gasteiger partial charge in [-0.1, -0.05) is 18.2 Å². The van der Waals surface area contributed by atoms with E-state index < -0.39 is 5.41 Å². The quantitative estimate of drug-likeness (QED) is 0.421. The van der Waals surface area contributed by atoms with Gasteiger partial charge in [0.05, 0.1) is 40.9 Å². The van der Waals surface area contributed by atoms with Crippen LogP contribution in [0.4, 0.5) is 10.5 Å². The average Bonchev–Trinajstić information content (AvgIpc) is 3.53. The fourth-order valence-corrected chi connectivity index (χ4v) is 4.96. The van der Waals surface area contributed by atoms with Gasteiger partial charge in [0.25, 0.3) is 0 Å². The number of imidazole rings is 1. The second-order valence-electron chi connectivity index (χ2n) is 9.50. The summed E-state index contributed by atoms with van der Waals surface area (Å²) in [6, 6.07) is 11.8. The number of H-pyrrole nitrogens is 2. The molecule has 1 fully saturated rings. The zero-order valence-electron chi connectivity index (χ0n) is 19.7. The van der Waals surface area contributed by atoms with E-state index in [2.05, 4.69) is 20.5 Å². The van der Waals surface area contributed by atoms with Crippen LogP contribution in [0.15, 0.2) is 36.4 Å². The van der Waals surface area contributed by atoms with Gasteiger partial charge in [0.15, 0.2) is 5.82 Å². The third-order valence-corrected chi connectivity index (χ3v) is 6.95. The fourth-order valence-electron chi connectivity index (χ4n) is 4.96. The molecule has 0 aliphatic carbocycles. The molecule has 2 aliphatic rings. The minimum atomic E-state index is -0.679. The van der Waals surface area contributed by atoms with Gasteiger partial charge < -0.3 is 24.8 Å². The number of rotatable bonds is 4. The van der Waals surface area contributed by atoms with Gasteiger partial charge in [-0.25, -0.2) is 9.78 Å². The molecule has 0 unspecified atom stereocenters. The lowest BCUT2D eigenvalue weighted by Gasteiger charge is -2.27. The number of carbonyl (C=O) groups excluding carboxylic acids is 2. The second kappa shape index (κ2) is 8.09. The number of para-hydroxylation sites is 1. The van der Waals surface area contributed by atoms with Crippen molar-refractivity contribution in [2.75, 3.05) is 44.3 Å². The molecule has 10 heteroatoms. The van der Waals surface area contributed by atoms with Crippen LogP contribution < -0.4 is 10.2 Å². The van der Waals surface area contributed by atoms with Crippen molar-refractivity contribution in [3.63, 3.8) is 0 Å². The van der Waals surface area contributed by atoms with Crippen LogP contribution in [0, 0.1) is 0 Å². The molecule has 2 aliphatic heterocycles. The molecule has 1 saturated heterocycles. The summed E-state index contributed by atoms with van der Waals surface area (Å²) in [4.78, 5) is 37.4. The molecule has 10 nitrogen and oxygen atoms in total. The molecule has 4 aromatic rings. The normalized spacial score (nSPS) is 17.4. The lowest BCUT2D eigenvalue weighted by atomic mass is 9.86. The largest absolute Gasteiger partial charge is 0.378 e. The molecule has 0 bridgehead atoms. The fraction of sp³-hybridized carbons (Fsp3) is 0.360. The topological polar surface area (TPSA) is 119 Å². The van der Waals surface area contributed by atoms with Crippen molar-refractivity contribution in [1.82, 2.24) is 30.4 Å². The Bertz CT molecular complexity index is 1450. The number of urea groups is 1. The number of nitrogens with one attached hydrogen (secondary N) is 3. The zero-order chi connectivity index (χ0) is 24.2. The van der Waals surface area contributed by atoms with Crippen molar-refractivity contribution in [3.8, 4) is 11.5 Å². The minimum Gasteiger partial charge on any atom is -0.378 e. The average molecular weight is 474 g/mol. The smallest absolute Gasteiger partial charge is 0.317 e. The molecule has 3 N–H and O–H groups in total. The van der Waals surface area contributed by atoms with Gasteiger partial charge in [0.2, 0.25) is 5.91 Å². The van der Waals surface area contributed by atoms with Crippen LogP contribution in [0.5, 0.6) is 0 Å². The second-order valence-corrected chi connectivity index (χ2v) is 9.50. The van der Waals surface area contributed by atoms with E-state index in [-0.39, 0.29) is 11.9 Å². The van der Waals surface area contributed by atoms with Gasteiger partial charge >= 0.3 is 6.03 Å². The Morgan fingerprint density at radius 1 is 1.17 bits per heavy atom. The third kappa shape index (κ3) is 3.52. The van der Waals surface area contributed by atoms with Crippen LogP contribution in [0.2, 0.25) is 0 Å². The molecule has 0 radical (unpaired) electrons. The van der Waals surface area contributed by atoms with Gasteiger partial charge in [-0.15, -0.1) is 0 Å². The highest BCUT2D eigenvalue weighted by atomic mass is 16.5. The van der Waals surface area contributed by atoms with Crippen molar-refractivity contribution >= 4 is 39.6 Å². The van der Waals surface area contributed by atoms with E-state index in [1.54, 1.807) is 9.80 Å². The Kier molecular flexibility index (Phi) is 4.99. The molecule has 0 spiro atoms. The molecule has 3 amide bonds. The highest BCUT2D eigenvalue weighted by Gasteiger charge is 2.44. The van der Waals surface area contributed by atoms with E-state index in [0.717, 1.165) is 38.9 Å². The molecule has 2 aromatic carbocycles. The molecule has 35 heavy (non-hydrogen) atoms. The van der Waals surface area contributed by atoms with E-state index in [1.807, 2.05) is 50.2 Å². The van der Waals surface area contributed by atoms with Crippen molar-refractivity contribution in [3.05, 3.63) is 42.0 Å². The first kappa shape index (κ1) is 21.6. The number of hydrogen-bond donors (Lipinski definition) is 3. The molecule has 2 aromatic heterocycles. The first-order chi connectivity index (χ1) is 16.9. The summed E-state index contributed by atoms with van der Waals surface area (Å²) >= 11 is 0. The molecule has 0 atom stereocenters. The van der Waals surface area contributed by atoms with E-state index in [0.29, 0.717) is 45.2 Å². The molecular formula is C25H27N7O3. The van der Waals surface area contributed by atoms with Crippen molar-refractivity contribution < 1.29 is 14.3 Å². The first-order valence-electron chi connectivity index (χ1n) is 11.8. The number of carbonyl (C=O) groups is 2. The van der Waals surface area contributed by atoms with Crippen LogP contribution in [0.25, 0.3) is 33.5 Å². The summed E-state index contributed by atoms with van der Waals surface area (Å²) in [5, 5.41) is 11.4. The van der Waals surface area contributed by atoms with Crippen molar-refractivity contribution in [1.29, 1.82) is 0 Å². The molecular weight excluding hydrogens is 446 g/mol. The predicted molar refractivity (Wildman–Crippen MR) is 132 cm³/mol. The summed E-state index contributed by atoms with van der Waals surface area (Å²) in [7, 11) is 0. The number of aromatic amines is 2. The number of aromatic nitrogens is 4. The minimum absolute atomic E-state index is 0.0132. The number of hydrogen-bond acceptors (Lipinski definition) is 5. The Balaban J connectivity index is 1.28. The number of ether oxygens (including phenoxy) is 1. The number of anilines is 1. The Morgan fingerprint density at radius 3 is 2.80 bits per heavy atom. The van der Waals surface area contributed by atoms with Crippen LogP contribution >= 0.6 is 0 Å². The maximum absolute atomic E-state index is 13.3.